The molecule has 3 nitrogen and oxygen atoms in total. The molecule has 0 aromatic heterocycles. The summed E-state index contributed by atoms with van der Waals surface area (Å²) < 4.78 is 0. The second kappa shape index (κ2) is 6.64. The molecular formula is C16H22N2OS. The third-order valence-electron chi connectivity index (χ3n) is 4.44. The summed E-state index contributed by atoms with van der Waals surface area (Å²) in [5.74, 6) is 2.45. The van der Waals surface area contributed by atoms with E-state index in [1.807, 2.05) is 18.2 Å². The van der Waals surface area contributed by atoms with E-state index in [-0.39, 0.29) is 11.9 Å². The van der Waals surface area contributed by atoms with Gasteiger partial charge in [-0.1, -0.05) is 24.6 Å². The summed E-state index contributed by atoms with van der Waals surface area (Å²) in [4.78, 5) is 13.5. The van der Waals surface area contributed by atoms with Crippen LogP contribution in [0.3, 0.4) is 0 Å². The number of amides is 1. The molecule has 0 bridgehead atoms. The Kier molecular flexibility index (Phi) is 4.63. The van der Waals surface area contributed by atoms with Gasteiger partial charge in [-0.05, 0) is 43.4 Å². The maximum absolute atomic E-state index is 12.2. The van der Waals surface area contributed by atoms with E-state index in [1.165, 1.54) is 24.2 Å². The molecule has 0 spiro atoms. The van der Waals surface area contributed by atoms with E-state index in [0.717, 1.165) is 24.8 Å². The molecule has 1 aliphatic carbocycles. The first-order valence-corrected chi connectivity index (χ1v) is 8.52. The molecule has 1 heterocycles. The fourth-order valence-corrected chi connectivity index (χ4v) is 4.23. The monoisotopic (exact) mass is 290 g/mol. The van der Waals surface area contributed by atoms with Gasteiger partial charge in [0.05, 0.1) is 6.04 Å². The first-order valence-electron chi connectivity index (χ1n) is 7.53. The highest BCUT2D eigenvalue weighted by atomic mass is 32.2. The van der Waals surface area contributed by atoms with Gasteiger partial charge in [0.15, 0.2) is 0 Å². The van der Waals surface area contributed by atoms with Crippen molar-refractivity contribution in [1.29, 1.82) is 0 Å². The lowest BCUT2D eigenvalue weighted by atomic mass is 9.94. The third kappa shape index (κ3) is 3.18. The van der Waals surface area contributed by atoms with Gasteiger partial charge in [0.1, 0.15) is 0 Å². The highest BCUT2D eigenvalue weighted by Crippen LogP contribution is 2.37. The van der Waals surface area contributed by atoms with E-state index in [4.69, 9.17) is 0 Å². The van der Waals surface area contributed by atoms with Crippen LogP contribution in [0.2, 0.25) is 0 Å². The summed E-state index contributed by atoms with van der Waals surface area (Å²) in [5.41, 5.74) is 0. The van der Waals surface area contributed by atoms with Crippen molar-refractivity contribution in [1.82, 2.24) is 10.6 Å². The molecule has 4 heteroatoms. The summed E-state index contributed by atoms with van der Waals surface area (Å²) in [5, 5.41) is 6.48. The second-order valence-corrected chi connectivity index (χ2v) is 6.86. The predicted octanol–water partition coefficient (Wildman–Crippen LogP) is 2.28. The van der Waals surface area contributed by atoms with Gasteiger partial charge in [-0.25, -0.2) is 0 Å². The fourth-order valence-electron chi connectivity index (χ4n) is 3.44. The summed E-state index contributed by atoms with van der Waals surface area (Å²) >= 11 is 1.79. The van der Waals surface area contributed by atoms with Gasteiger partial charge in [0, 0.05) is 17.2 Å². The van der Waals surface area contributed by atoms with Crippen molar-refractivity contribution in [3.05, 3.63) is 30.3 Å². The Morgan fingerprint density at radius 3 is 3.00 bits per heavy atom. The van der Waals surface area contributed by atoms with Crippen molar-refractivity contribution >= 4 is 17.7 Å². The molecule has 0 radical (unpaired) electrons. The molecule has 1 saturated carbocycles. The zero-order valence-electron chi connectivity index (χ0n) is 11.7. The van der Waals surface area contributed by atoms with Gasteiger partial charge in [-0.2, -0.15) is 0 Å². The van der Waals surface area contributed by atoms with Crippen LogP contribution in [0, 0.1) is 11.8 Å². The van der Waals surface area contributed by atoms with Crippen molar-refractivity contribution in [2.24, 2.45) is 11.8 Å². The van der Waals surface area contributed by atoms with Crippen LogP contribution >= 0.6 is 11.8 Å². The van der Waals surface area contributed by atoms with E-state index in [1.54, 1.807) is 11.8 Å². The van der Waals surface area contributed by atoms with E-state index in [2.05, 4.69) is 22.8 Å². The van der Waals surface area contributed by atoms with Crippen molar-refractivity contribution in [3.63, 3.8) is 0 Å². The van der Waals surface area contributed by atoms with E-state index in [0.29, 0.717) is 5.92 Å². The maximum Gasteiger partial charge on any atom is 0.237 e. The van der Waals surface area contributed by atoms with Crippen molar-refractivity contribution in [2.45, 2.75) is 30.2 Å². The molecule has 3 unspecified atom stereocenters. The average Bonchev–Trinajstić information content (AvgIpc) is 3.07. The molecule has 3 rings (SSSR count). The molecule has 3 atom stereocenters. The Balaban J connectivity index is 1.39. The van der Waals surface area contributed by atoms with Crippen LogP contribution in [0.1, 0.15) is 19.3 Å². The zero-order chi connectivity index (χ0) is 13.8. The van der Waals surface area contributed by atoms with Crippen molar-refractivity contribution in [3.8, 4) is 0 Å². The molecule has 1 amide bonds. The van der Waals surface area contributed by atoms with Gasteiger partial charge >= 0.3 is 0 Å². The molecule has 108 valence electrons. The maximum atomic E-state index is 12.2. The predicted molar refractivity (Wildman–Crippen MR) is 82.8 cm³/mol. The van der Waals surface area contributed by atoms with Crippen LogP contribution in [0.5, 0.6) is 0 Å². The summed E-state index contributed by atoms with van der Waals surface area (Å²) in [6.45, 7) is 1.77. The standard InChI is InChI=1S/C16H22N2OS/c19-16(15-14-8-4-5-12(14)11-18-15)17-9-10-20-13-6-2-1-3-7-13/h1-3,6-7,12,14-15,18H,4-5,8-11H2,(H,17,19). The molecule has 1 saturated heterocycles. The molecule has 2 aliphatic rings. The lowest BCUT2D eigenvalue weighted by Crippen LogP contribution is -2.44. The second-order valence-electron chi connectivity index (χ2n) is 5.69. The SMILES string of the molecule is O=C(NCCSc1ccccc1)C1NCC2CCCC21. The molecule has 1 aliphatic heterocycles. The van der Waals surface area contributed by atoms with Crippen LogP contribution < -0.4 is 10.6 Å². The van der Waals surface area contributed by atoms with E-state index >= 15 is 0 Å². The number of carbonyl (C=O) groups is 1. The van der Waals surface area contributed by atoms with Crippen LogP contribution in [-0.4, -0.2) is 30.8 Å². The lowest BCUT2D eigenvalue weighted by Gasteiger charge is -2.17. The van der Waals surface area contributed by atoms with Crippen molar-refractivity contribution < 1.29 is 4.79 Å². The Hall–Kier alpha value is -1.00. The number of thioether (sulfide) groups is 1. The summed E-state index contributed by atoms with van der Waals surface area (Å²) in [7, 11) is 0. The van der Waals surface area contributed by atoms with Crippen LogP contribution in [-0.2, 0) is 4.79 Å². The van der Waals surface area contributed by atoms with Gasteiger partial charge in [-0.15, -0.1) is 11.8 Å². The van der Waals surface area contributed by atoms with Gasteiger partial charge in [0.25, 0.3) is 0 Å². The van der Waals surface area contributed by atoms with Crippen LogP contribution in [0.15, 0.2) is 35.2 Å². The van der Waals surface area contributed by atoms with Gasteiger partial charge < -0.3 is 10.6 Å². The number of rotatable bonds is 5. The Labute approximate surface area is 124 Å². The minimum atomic E-state index is 0.0595. The highest BCUT2D eigenvalue weighted by Gasteiger charge is 2.42. The minimum absolute atomic E-state index is 0.0595. The summed E-state index contributed by atoms with van der Waals surface area (Å²) in [6.07, 6.45) is 3.81. The number of carbonyl (C=O) groups excluding carboxylic acids is 1. The molecule has 20 heavy (non-hydrogen) atoms. The molecule has 1 aromatic rings. The quantitative estimate of drug-likeness (QED) is 0.646. The lowest BCUT2D eigenvalue weighted by molar-refractivity contribution is -0.123. The van der Waals surface area contributed by atoms with Gasteiger partial charge in [0.2, 0.25) is 5.91 Å². The highest BCUT2D eigenvalue weighted by molar-refractivity contribution is 7.99. The van der Waals surface area contributed by atoms with Crippen LogP contribution in [0.25, 0.3) is 0 Å². The fraction of sp³-hybridized carbons (Fsp3) is 0.562. The number of hydrogen-bond acceptors (Lipinski definition) is 3. The molecule has 1 aromatic carbocycles. The van der Waals surface area contributed by atoms with E-state index in [9.17, 15) is 4.79 Å². The normalized spacial score (nSPS) is 28.3. The minimum Gasteiger partial charge on any atom is -0.354 e. The third-order valence-corrected chi connectivity index (χ3v) is 5.46. The molecule has 2 N–H and O–H groups in total. The Morgan fingerprint density at radius 2 is 2.15 bits per heavy atom. The topological polar surface area (TPSA) is 41.1 Å². The number of hydrogen-bond donors (Lipinski definition) is 2. The smallest absolute Gasteiger partial charge is 0.237 e. The van der Waals surface area contributed by atoms with E-state index < -0.39 is 0 Å². The number of benzene rings is 1. The van der Waals surface area contributed by atoms with Crippen molar-refractivity contribution in [2.75, 3.05) is 18.8 Å². The number of fused-ring (bicyclic) bond motifs is 1. The number of nitrogens with one attached hydrogen (secondary N) is 2. The first kappa shape index (κ1) is 14.0. The zero-order valence-corrected chi connectivity index (χ0v) is 12.5. The Morgan fingerprint density at radius 1 is 1.30 bits per heavy atom. The van der Waals surface area contributed by atoms with Gasteiger partial charge in [-0.3, -0.25) is 4.79 Å². The summed E-state index contributed by atoms with van der Waals surface area (Å²) in [6, 6.07) is 10.4. The van der Waals surface area contributed by atoms with Crippen LogP contribution in [0.4, 0.5) is 0 Å². The molecule has 2 fully saturated rings. The largest absolute Gasteiger partial charge is 0.354 e. The average molecular weight is 290 g/mol. The Bertz CT molecular complexity index is 451. The molecular weight excluding hydrogens is 268 g/mol. The first-order chi connectivity index (χ1) is 9.84.